The Bertz CT molecular complexity index is 1030. The molecule has 0 spiro atoms. The number of fused-ring (bicyclic) bond motifs is 1. The van der Waals surface area contributed by atoms with Crippen molar-refractivity contribution >= 4 is 50.5 Å². The quantitative estimate of drug-likeness (QED) is 0.350. The summed E-state index contributed by atoms with van der Waals surface area (Å²) < 4.78 is 46.3. The van der Waals surface area contributed by atoms with Gasteiger partial charge in [0.15, 0.2) is 0 Å². The van der Waals surface area contributed by atoms with Gasteiger partial charge in [0.25, 0.3) is 0 Å². The van der Waals surface area contributed by atoms with Crippen molar-refractivity contribution in [1.29, 1.82) is 0 Å². The third-order valence-electron chi connectivity index (χ3n) is 4.32. The molecular formula is C17H18BrF2N2O4PS. The first-order chi connectivity index (χ1) is 13.1. The van der Waals surface area contributed by atoms with Crippen LogP contribution >= 0.6 is 34.9 Å². The van der Waals surface area contributed by atoms with Gasteiger partial charge in [0, 0.05) is 15.4 Å². The lowest BCUT2D eigenvalue weighted by Gasteiger charge is -2.16. The Balaban J connectivity index is 2.21. The molecule has 0 unspecified atom stereocenters. The van der Waals surface area contributed by atoms with Crippen LogP contribution in [0.2, 0.25) is 0 Å². The lowest BCUT2D eigenvalue weighted by atomic mass is 10.0. The van der Waals surface area contributed by atoms with Crippen molar-refractivity contribution in [1.82, 2.24) is 0 Å². The summed E-state index contributed by atoms with van der Waals surface area (Å²) in [5.41, 5.74) is -2.00. The second-order valence-electron chi connectivity index (χ2n) is 6.35. The molecule has 28 heavy (non-hydrogen) atoms. The van der Waals surface area contributed by atoms with Crippen molar-refractivity contribution in [3.05, 3.63) is 32.7 Å². The van der Waals surface area contributed by atoms with E-state index in [0.717, 1.165) is 29.7 Å². The van der Waals surface area contributed by atoms with Crippen LogP contribution in [0.25, 0.3) is 15.7 Å². The van der Waals surface area contributed by atoms with Crippen LogP contribution in [-0.4, -0.2) is 22.9 Å². The van der Waals surface area contributed by atoms with Crippen LogP contribution in [0, 0.1) is 0 Å². The molecule has 0 amide bonds. The number of halogens is 3. The summed E-state index contributed by atoms with van der Waals surface area (Å²) in [4.78, 5) is 17.6. The molecule has 1 aromatic heterocycles. The summed E-state index contributed by atoms with van der Waals surface area (Å²) in [5, 5.41) is 8.40. The Morgan fingerprint density at radius 2 is 2.11 bits per heavy atom. The van der Waals surface area contributed by atoms with Gasteiger partial charge in [0.2, 0.25) is 0 Å². The first-order valence-corrected chi connectivity index (χ1v) is 11.7. The van der Waals surface area contributed by atoms with Crippen molar-refractivity contribution in [2.45, 2.75) is 32.4 Å². The topological polar surface area (TPSA) is 91.5 Å². The molecule has 1 aliphatic rings. The van der Waals surface area contributed by atoms with E-state index in [1.54, 1.807) is 12.1 Å². The first kappa shape index (κ1) is 21.5. The van der Waals surface area contributed by atoms with Gasteiger partial charge in [-0.05, 0) is 47.0 Å². The lowest BCUT2D eigenvalue weighted by Crippen LogP contribution is -2.12. The molecule has 6 nitrogen and oxygen atoms in total. The predicted molar refractivity (Wildman–Crippen MR) is 108 cm³/mol. The SMILES string of the molecule is CCCCOc1cc(C2=C(C)N=NC2)cc2c(Br)c(C(F)(F)P(=O)(O)O)sc12. The van der Waals surface area contributed by atoms with Crippen molar-refractivity contribution in [3.8, 4) is 5.75 Å². The Hall–Kier alpha value is -1.19. The number of ether oxygens (including phenoxy) is 1. The summed E-state index contributed by atoms with van der Waals surface area (Å²) in [5.74, 6) is 0.395. The van der Waals surface area contributed by atoms with E-state index < -0.39 is 18.1 Å². The third-order valence-corrected chi connectivity index (χ3v) is 7.81. The molecule has 3 rings (SSSR count). The van der Waals surface area contributed by atoms with Crippen LogP contribution < -0.4 is 4.74 Å². The Morgan fingerprint density at radius 1 is 1.39 bits per heavy atom. The third kappa shape index (κ3) is 3.80. The maximum atomic E-state index is 14.4. The highest BCUT2D eigenvalue weighted by Crippen LogP contribution is 2.63. The van der Waals surface area contributed by atoms with Crippen molar-refractivity contribution in [3.63, 3.8) is 0 Å². The summed E-state index contributed by atoms with van der Waals surface area (Å²) in [6.45, 7) is 4.59. The molecule has 0 saturated heterocycles. The monoisotopic (exact) mass is 494 g/mol. The summed E-state index contributed by atoms with van der Waals surface area (Å²) >= 11 is 3.74. The van der Waals surface area contributed by atoms with Crippen LogP contribution in [0.4, 0.5) is 8.78 Å². The van der Waals surface area contributed by atoms with Gasteiger partial charge in [-0.1, -0.05) is 13.3 Å². The number of allylic oxidation sites excluding steroid dienone is 1. The fraction of sp³-hybridized carbons (Fsp3) is 0.412. The largest absolute Gasteiger partial charge is 0.492 e. The highest BCUT2D eigenvalue weighted by molar-refractivity contribution is 9.10. The van der Waals surface area contributed by atoms with Crippen molar-refractivity contribution in [2.24, 2.45) is 10.2 Å². The molecule has 0 atom stereocenters. The number of unbranched alkanes of at least 4 members (excludes halogenated alkanes) is 1. The van der Waals surface area contributed by atoms with Crippen LogP contribution in [0.5, 0.6) is 5.75 Å². The molecule has 2 N–H and O–H groups in total. The standard InChI is InChI=1S/C17H18BrF2N2O4PS/c1-3-4-5-26-13-7-10(12-8-21-22-9(12)2)6-11-14(18)16(28-15(11)13)17(19,20)27(23,24)25/h6-7H,3-5,8H2,1-2H3,(H2,23,24,25). The molecule has 152 valence electrons. The van der Waals surface area contributed by atoms with E-state index >= 15 is 0 Å². The molecule has 0 aliphatic carbocycles. The van der Waals surface area contributed by atoms with Gasteiger partial charge in [0.05, 0.1) is 23.5 Å². The number of rotatable bonds is 7. The van der Waals surface area contributed by atoms with Gasteiger partial charge >= 0.3 is 13.3 Å². The molecule has 1 aliphatic heterocycles. The first-order valence-electron chi connectivity index (χ1n) is 8.48. The summed E-state index contributed by atoms with van der Waals surface area (Å²) in [6, 6.07) is 3.44. The number of thiophene rings is 1. The van der Waals surface area contributed by atoms with E-state index in [-0.39, 0.29) is 4.47 Å². The zero-order valence-corrected chi connectivity index (χ0v) is 18.4. The molecule has 0 bridgehead atoms. The highest BCUT2D eigenvalue weighted by atomic mass is 79.9. The maximum absolute atomic E-state index is 14.4. The number of benzene rings is 1. The van der Waals surface area contributed by atoms with Crippen LogP contribution in [-0.2, 0) is 10.2 Å². The van der Waals surface area contributed by atoms with Gasteiger partial charge in [-0.15, -0.1) is 11.3 Å². The van der Waals surface area contributed by atoms with E-state index in [2.05, 4.69) is 26.2 Å². The minimum atomic E-state index is -5.69. The molecule has 11 heteroatoms. The number of nitrogens with zero attached hydrogens (tertiary/aromatic N) is 2. The van der Waals surface area contributed by atoms with Gasteiger partial charge in [-0.2, -0.15) is 19.0 Å². The lowest BCUT2D eigenvalue weighted by molar-refractivity contribution is 0.0595. The summed E-state index contributed by atoms with van der Waals surface area (Å²) in [7, 11) is -5.69. The van der Waals surface area contributed by atoms with Crippen LogP contribution in [0.15, 0.2) is 32.5 Å². The van der Waals surface area contributed by atoms with E-state index in [4.69, 9.17) is 14.5 Å². The Kier molecular flexibility index (Phi) is 6.08. The fourth-order valence-electron chi connectivity index (χ4n) is 2.76. The molecule has 0 radical (unpaired) electrons. The number of hydrogen-bond acceptors (Lipinski definition) is 5. The number of hydrogen-bond donors (Lipinski definition) is 2. The number of azo groups is 1. The minimum Gasteiger partial charge on any atom is -0.492 e. The predicted octanol–water partition coefficient (Wildman–Crippen LogP) is 6.27. The Morgan fingerprint density at radius 3 is 2.68 bits per heavy atom. The molecule has 1 aromatic carbocycles. The van der Waals surface area contributed by atoms with Crippen molar-refractivity contribution < 1.29 is 27.9 Å². The van der Waals surface area contributed by atoms with Crippen LogP contribution in [0.1, 0.15) is 37.1 Å². The molecule has 0 saturated carbocycles. The van der Waals surface area contributed by atoms with Crippen LogP contribution in [0.3, 0.4) is 0 Å². The van der Waals surface area contributed by atoms with E-state index in [1.165, 1.54) is 0 Å². The molecule has 2 aromatic rings. The van der Waals surface area contributed by atoms with E-state index in [9.17, 15) is 13.3 Å². The van der Waals surface area contributed by atoms with E-state index in [1.807, 2.05) is 13.8 Å². The van der Waals surface area contributed by atoms with E-state index in [0.29, 0.717) is 40.3 Å². The second kappa shape index (κ2) is 7.91. The van der Waals surface area contributed by atoms with Crippen molar-refractivity contribution in [2.75, 3.05) is 13.2 Å². The normalized spacial score (nSPS) is 15.1. The smallest absolute Gasteiger partial charge is 0.400 e. The molecule has 2 heterocycles. The second-order valence-corrected chi connectivity index (χ2v) is 9.81. The molecule has 0 fully saturated rings. The Labute approximate surface area is 172 Å². The highest BCUT2D eigenvalue weighted by Gasteiger charge is 2.53. The van der Waals surface area contributed by atoms with Gasteiger partial charge in [0.1, 0.15) is 10.6 Å². The van der Waals surface area contributed by atoms with Gasteiger partial charge in [-0.25, -0.2) is 0 Å². The fourth-order valence-corrected chi connectivity index (χ4v) is 5.74. The molecular weight excluding hydrogens is 477 g/mol. The average Bonchev–Trinajstić information content (AvgIpc) is 3.18. The summed E-state index contributed by atoms with van der Waals surface area (Å²) in [6.07, 6.45) is 1.69. The maximum Gasteiger partial charge on any atom is 0.400 e. The zero-order valence-electron chi connectivity index (χ0n) is 15.1. The minimum absolute atomic E-state index is 0.0480. The van der Waals surface area contributed by atoms with Gasteiger partial charge in [-0.3, -0.25) is 4.57 Å². The number of alkyl halides is 2. The average molecular weight is 495 g/mol. The van der Waals surface area contributed by atoms with Gasteiger partial charge < -0.3 is 14.5 Å². The zero-order chi connectivity index (χ0) is 20.7.